The molecule has 0 saturated heterocycles. The zero-order valence-corrected chi connectivity index (χ0v) is 10.6. The summed E-state index contributed by atoms with van der Waals surface area (Å²) < 4.78 is 0. The van der Waals surface area contributed by atoms with Crippen molar-refractivity contribution in [1.82, 2.24) is 10.3 Å². The Morgan fingerprint density at radius 2 is 2.21 bits per heavy atom. The monoisotopic (exact) mass is 257 g/mol. The largest absolute Gasteiger partial charge is 0.306 e. The van der Waals surface area contributed by atoms with E-state index in [4.69, 9.17) is 0 Å². The molecule has 0 radical (unpaired) electrons. The van der Waals surface area contributed by atoms with E-state index >= 15 is 0 Å². The van der Waals surface area contributed by atoms with Crippen LogP contribution in [0.25, 0.3) is 0 Å². The van der Waals surface area contributed by atoms with Gasteiger partial charge in [-0.25, -0.2) is 0 Å². The summed E-state index contributed by atoms with van der Waals surface area (Å²) in [5.41, 5.74) is 2.10. The first-order chi connectivity index (χ1) is 9.16. The molecular formula is C14H15N3O2. The number of hydrogen-bond donors (Lipinski definition) is 1. The fourth-order valence-corrected chi connectivity index (χ4v) is 1.80. The number of non-ortho nitro benzene ring substituents is 1. The lowest BCUT2D eigenvalue weighted by Gasteiger charge is -2.13. The number of hydrogen-bond acceptors (Lipinski definition) is 4. The Labute approximate surface area is 111 Å². The third-order valence-corrected chi connectivity index (χ3v) is 2.92. The molecule has 0 aliphatic carbocycles. The Bertz CT molecular complexity index is 558. The second kappa shape index (κ2) is 6.06. The van der Waals surface area contributed by atoms with Crippen LogP contribution in [0, 0.1) is 10.1 Å². The summed E-state index contributed by atoms with van der Waals surface area (Å²) in [7, 11) is 0. The van der Waals surface area contributed by atoms with E-state index in [-0.39, 0.29) is 16.7 Å². The van der Waals surface area contributed by atoms with E-state index in [1.807, 2.05) is 31.3 Å². The van der Waals surface area contributed by atoms with Gasteiger partial charge in [-0.15, -0.1) is 0 Å². The Morgan fingerprint density at radius 1 is 1.37 bits per heavy atom. The van der Waals surface area contributed by atoms with Crippen molar-refractivity contribution in [3.8, 4) is 0 Å². The molecule has 1 N–H and O–H groups in total. The van der Waals surface area contributed by atoms with Gasteiger partial charge in [0.2, 0.25) is 0 Å². The fourth-order valence-electron chi connectivity index (χ4n) is 1.80. The molecule has 0 amide bonds. The maximum absolute atomic E-state index is 10.7. The molecular weight excluding hydrogens is 242 g/mol. The van der Waals surface area contributed by atoms with E-state index in [9.17, 15) is 10.1 Å². The van der Waals surface area contributed by atoms with Crippen molar-refractivity contribution >= 4 is 5.69 Å². The van der Waals surface area contributed by atoms with Gasteiger partial charge in [-0.2, -0.15) is 0 Å². The van der Waals surface area contributed by atoms with Gasteiger partial charge < -0.3 is 5.32 Å². The highest BCUT2D eigenvalue weighted by Crippen LogP contribution is 2.15. The molecule has 5 nitrogen and oxygen atoms in total. The Hall–Kier alpha value is -2.27. The molecule has 1 aromatic carbocycles. The lowest BCUT2D eigenvalue weighted by molar-refractivity contribution is -0.384. The van der Waals surface area contributed by atoms with Crippen LogP contribution in [0.4, 0.5) is 5.69 Å². The van der Waals surface area contributed by atoms with E-state index in [0.29, 0.717) is 6.54 Å². The number of nitrogens with zero attached hydrogens (tertiary/aromatic N) is 2. The number of pyridine rings is 1. The normalized spacial score (nSPS) is 12.1. The molecule has 0 saturated carbocycles. The van der Waals surface area contributed by atoms with Crippen LogP contribution in [0.2, 0.25) is 0 Å². The lowest BCUT2D eigenvalue weighted by atomic mass is 10.1. The molecule has 5 heteroatoms. The number of nitro benzene ring substituents is 1. The molecule has 1 heterocycles. The Morgan fingerprint density at radius 3 is 2.89 bits per heavy atom. The second-order valence-corrected chi connectivity index (χ2v) is 4.32. The highest BCUT2D eigenvalue weighted by Gasteiger charge is 2.07. The highest BCUT2D eigenvalue weighted by atomic mass is 16.6. The van der Waals surface area contributed by atoms with Gasteiger partial charge in [0, 0.05) is 37.1 Å². The standard InChI is InChI=1S/C14H15N3O2/c1-11(13-5-3-7-15-10-13)16-9-12-4-2-6-14(8-12)17(18)19/h2-8,10-11,16H,9H2,1H3/t11-/m0/s1. The minimum atomic E-state index is -0.381. The van der Waals surface area contributed by atoms with Crippen LogP contribution in [-0.4, -0.2) is 9.91 Å². The van der Waals surface area contributed by atoms with Gasteiger partial charge >= 0.3 is 0 Å². The average Bonchev–Trinajstić information content (AvgIpc) is 2.46. The van der Waals surface area contributed by atoms with Crippen molar-refractivity contribution in [3.05, 3.63) is 70.0 Å². The van der Waals surface area contributed by atoms with Gasteiger partial charge in [-0.1, -0.05) is 18.2 Å². The van der Waals surface area contributed by atoms with Crippen molar-refractivity contribution < 1.29 is 4.92 Å². The summed E-state index contributed by atoms with van der Waals surface area (Å²) >= 11 is 0. The predicted molar refractivity (Wildman–Crippen MR) is 72.6 cm³/mol. The van der Waals surface area contributed by atoms with Crippen LogP contribution >= 0.6 is 0 Å². The topological polar surface area (TPSA) is 68.1 Å². The smallest absolute Gasteiger partial charge is 0.269 e. The van der Waals surface area contributed by atoms with Crippen LogP contribution in [0.1, 0.15) is 24.1 Å². The van der Waals surface area contributed by atoms with E-state index < -0.39 is 0 Å². The summed E-state index contributed by atoms with van der Waals surface area (Å²) in [6, 6.07) is 10.7. The van der Waals surface area contributed by atoms with Gasteiger partial charge in [0.05, 0.1) is 4.92 Å². The lowest BCUT2D eigenvalue weighted by Crippen LogP contribution is -2.18. The van der Waals surface area contributed by atoms with Crippen molar-refractivity contribution in [3.63, 3.8) is 0 Å². The van der Waals surface area contributed by atoms with Gasteiger partial charge in [0.15, 0.2) is 0 Å². The molecule has 0 aliphatic rings. The third-order valence-electron chi connectivity index (χ3n) is 2.92. The number of nitrogens with one attached hydrogen (secondary N) is 1. The van der Waals surface area contributed by atoms with Crippen LogP contribution in [0.5, 0.6) is 0 Å². The number of aromatic nitrogens is 1. The Balaban J connectivity index is 1.99. The first kappa shape index (κ1) is 13.2. The fraction of sp³-hybridized carbons (Fsp3) is 0.214. The summed E-state index contributed by atoms with van der Waals surface area (Å²) in [6.07, 6.45) is 3.54. The molecule has 0 unspecified atom stereocenters. The summed E-state index contributed by atoms with van der Waals surface area (Å²) in [6.45, 7) is 2.62. The predicted octanol–water partition coefficient (Wildman–Crippen LogP) is 2.84. The molecule has 0 fully saturated rings. The van der Waals surface area contributed by atoms with Crippen LogP contribution in [0.15, 0.2) is 48.8 Å². The average molecular weight is 257 g/mol. The number of nitro groups is 1. The van der Waals surface area contributed by atoms with Crippen molar-refractivity contribution in [2.75, 3.05) is 0 Å². The van der Waals surface area contributed by atoms with E-state index in [2.05, 4.69) is 10.3 Å². The zero-order valence-electron chi connectivity index (χ0n) is 10.6. The second-order valence-electron chi connectivity index (χ2n) is 4.32. The maximum Gasteiger partial charge on any atom is 0.269 e. The summed E-state index contributed by atoms with van der Waals surface area (Å²) in [4.78, 5) is 14.4. The third kappa shape index (κ3) is 3.59. The molecule has 2 aromatic rings. The quantitative estimate of drug-likeness (QED) is 0.660. The Kier molecular flexibility index (Phi) is 4.20. The summed E-state index contributed by atoms with van der Waals surface area (Å²) in [5, 5.41) is 14.0. The number of benzene rings is 1. The van der Waals surface area contributed by atoms with Gasteiger partial charge in [-0.3, -0.25) is 15.1 Å². The van der Waals surface area contributed by atoms with Gasteiger partial charge in [0.1, 0.15) is 0 Å². The molecule has 0 spiro atoms. The van der Waals surface area contributed by atoms with Crippen LogP contribution < -0.4 is 5.32 Å². The molecule has 0 bridgehead atoms. The van der Waals surface area contributed by atoms with Crippen LogP contribution in [-0.2, 0) is 6.54 Å². The minimum absolute atomic E-state index is 0.119. The van der Waals surface area contributed by atoms with Crippen LogP contribution in [0.3, 0.4) is 0 Å². The summed E-state index contributed by atoms with van der Waals surface area (Å²) in [5.74, 6) is 0. The molecule has 0 aliphatic heterocycles. The maximum atomic E-state index is 10.7. The first-order valence-electron chi connectivity index (χ1n) is 6.03. The zero-order chi connectivity index (χ0) is 13.7. The van der Waals surface area contributed by atoms with Crippen molar-refractivity contribution in [1.29, 1.82) is 0 Å². The minimum Gasteiger partial charge on any atom is -0.306 e. The van der Waals surface area contributed by atoms with E-state index in [0.717, 1.165) is 11.1 Å². The van der Waals surface area contributed by atoms with E-state index in [1.54, 1.807) is 18.3 Å². The number of rotatable bonds is 5. The molecule has 1 atom stereocenters. The van der Waals surface area contributed by atoms with Crippen molar-refractivity contribution in [2.45, 2.75) is 19.5 Å². The van der Waals surface area contributed by atoms with Gasteiger partial charge in [-0.05, 0) is 24.1 Å². The highest BCUT2D eigenvalue weighted by molar-refractivity contribution is 5.34. The van der Waals surface area contributed by atoms with E-state index in [1.165, 1.54) is 6.07 Å². The first-order valence-corrected chi connectivity index (χ1v) is 6.03. The molecule has 98 valence electrons. The SMILES string of the molecule is C[C@H](NCc1cccc([N+](=O)[O-])c1)c1cccnc1. The van der Waals surface area contributed by atoms with Gasteiger partial charge in [0.25, 0.3) is 5.69 Å². The molecule has 1 aromatic heterocycles. The molecule has 2 rings (SSSR count). The molecule has 19 heavy (non-hydrogen) atoms. The van der Waals surface area contributed by atoms with Crippen molar-refractivity contribution in [2.24, 2.45) is 0 Å².